The van der Waals surface area contributed by atoms with Crippen LogP contribution in [0.15, 0.2) is 133 Å². The number of carbonyl (C=O) groups is 2. The monoisotopic (exact) mass is 638 g/mol. The highest BCUT2D eigenvalue weighted by Gasteiger charge is 2.19. The van der Waals surface area contributed by atoms with Crippen LogP contribution in [0.2, 0.25) is 10.0 Å². The molecule has 5 aromatic carbocycles. The first-order valence-electron chi connectivity index (χ1n) is 14.5. The molecule has 0 atom stereocenters. The molecule has 46 heavy (non-hydrogen) atoms. The van der Waals surface area contributed by atoms with Crippen molar-refractivity contribution < 1.29 is 9.59 Å². The van der Waals surface area contributed by atoms with E-state index in [2.05, 4.69) is 10.6 Å². The number of fused-ring (bicyclic) bond motifs is 2. The van der Waals surface area contributed by atoms with E-state index in [1.807, 2.05) is 84.9 Å². The van der Waals surface area contributed by atoms with E-state index in [9.17, 15) is 9.59 Å². The predicted octanol–water partition coefficient (Wildman–Crippen LogP) is 9.93. The third-order valence-electron chi connectivity index (χ3n) is 7.64. The van der Waals surface area contributed by atoms with Crippen LogP contribution in [0.25, 0.3) is 44.3 Å². The molecule has 0 saturated carbocycles. The van der Waals surface area contributed by atoms with Gasteiger partial charge in [-0.25, -0.2) is 9.97 Å². The smallest absolute Gasteiger partial charge is 0.256 e. The van der Waals surface area contributed by atoms with Gasteiger partial charge in [0.1, 0.15) is 0 Å². The Morgan fingerprint density at radius 3 is 1.28 bits per heavy atom. The zero-order chi connectivity index (χ0) is 31.6. The van der Waals surface area contributed by atoms with Crippen LogP contribution in [0.5, 0.6) is 0 Å². The van der Waals surface area contributed by atoms with Crippen LogP contribution in [0, 0.1) is 0 Å². The predicted molar refractivity (Wildman–Crippen MR) is 187 cm³/mol. The second kappa shape index (κ2) is 12.4. The lowest BCUT2D eigenvalue weighted by Crippen LogP contribution is -2.17. The Balaban J connectivity index is 1.24. The number of pyridine rings is 2. The quantitative estimate of drug-likeness (QED) is 0.190. The van der Waals surface area contributed by atoms with Gasteiger partial charge >= 0.3 is 0 Å². The Labute approximate surface area is 274 Å². The SMILES string of the molecule is O=C(Nc1ccccc1NC(=O)c1cc(-c2ccccc2Cl)nc2ccccc12)c1cc(-c2ccccc2Cl)nc2ccccc12. The van der Waals surface area contributed by atoms with Gasteiger partial charge in [0.15, 0.2) is 0 Å². The number of rotatable bonds is 6. The molecule has 7 aromatic rings. The van der Waals surface area contributed by atoms with Crippen LogP contribution >= 0.6 is 23.2 Å². The lowest BCUT2D eigenvalue weighted by molar-refractivity contribution is 0.101. The Kier molecular flexibility index (Phi) is 7.89. The van der Waals surface area contributed by atoms with Gasteiger partial charge in [0, 0.05) is 31.9 Å². The van der Waals surface area contributed by atoms with Crippen molar-refractivity contribution in [1.82, 2.24) is 9.97 Å². The highest BCUT2D eigenvalue weighted by molar-refractivity contribution is 6.33. The molecule has 0 fully saturated rings. The van der Waals surface area contributed by atoms with Gasteiger partial charge in [0.25, 0.3) is 11.8 Å². The molecule has 2 aromatic heterocycles. The summed E-state index contributed by atoms with van der Waals surface area (Å²) in [6.07, 6.45) is 0. The van der Waals surface area contributed by atoms with Crippen molar-refractivity contribution in [1.29, 1.82) is 0 Å². The van der Waals surface area contributed by atoms with Crippen molar-refractivity contribution in [2.24, 2.45) is 0 Å². The van der Waals surface area contributed by atoms with Crippen LogP contribution in [-0.4, -0.2) is 21.8 Å². The number of halogens is 2. The maximum atomic E-state index is 13.9. The highest BCUT2D eigenvalue weighted by atomic mass is 35.5. The van der Waals surface area contributed by atoms with Crippen molar-refractivity contribution >= 4 is 68.2 Å². The molecule has 0 aliphatic heterocycles. The minimum Gasteiger partial charge on any atom is -0.320 e. The molecular formula is C38H24Cl2N4O2. The normalized spacial score (nSPS) is 11.0. The summed E-state index contributed by atoms with van der Waals surface area (Å²) < 4.78 is 0. The molecule has 2 heterocycles. The van der Waals surface area contributed by atoms with Crippen molar-refractivity contribution in [2.45, 2.75) is 0 Å². The molecule has 7 rings (SSSR count). The summed E-state index contributed by atoms with van der Waals surface area (Å²) in [7, 11) is 0. The largest absolute Gasteiger partial charge is 0.320 e. The van der Waals surface area contributed by atoms with Gasteiger partial charge in [-0.15, -0.1) is 0 Å². The van der Waals surface area contributed by atoms with Crippen LogP contribution in [0.4, 0.5) is 11.4 Å². The second-order valence-corrected chi connectivity index (χ2v) is 11.4. The Bertz CT molecular complexity index is 2140. The number of carbonyl (C=O) groups excluding carboxylic acids is 2. The summed E-state index contributed by atoms with van der Waals surface area (Å²) in [5.41, 5.74) is 5.63. The summed E-state index contributed by atoms with van der Waals surface area (Å²) in [5.74, 6) is -0.715. The fraction of sp³-hybridized carbons (Fsp3) is 0. The maximum absolute atomic E-state index is 13.9. The molecular weight excluding hydrogens is 615 g/mol. The van der Waals surface area contributed by atoms with Crippen molar-refractivity contribution in [3.05, 3.63) is 155 Å². The van der Waals surface area contributed by atoms with E-state index in [0.29, 0.717) is 65.7 Å². The average molecular weight is 640 g/mol. The van der Waals surface area contributed by atoms with Crippen LogP contribution in [0.1, 0.15) is 20.7 Å². The van der Waals surface area contributed by atoms with Crippen LogP contribution in [0.3, 0.4) is 0 Å². The lowest BCUT2D eigenvalue weighted by atomic mass is 10.0. The van der Waals surface area contributed by atoms with E-state index in [1.54, 1.807) is 48.5 Å². The fourth-order valence-corrected chi connectivity index (χ4v) is 5.89. The Morgan fingerprint density at radius 1 is 0.478 bits per heavy atom. The zero-order valence-corrected chi connectivity index (χ0v) is 25.7. The number of nitrogens with zero attached hydrogens (tertiary/aromatic N) is 2. The Hall–Kier alpha value is -5.56. The highest BCUT2D eigenvalue weighted by Crippen LogP contribution is 2.33. The summed E-state index contributed by atoms with van der Waals surface area (Å²) in [5, 5.41) is 8.46. The molecule has 8 heteroatoms. The van der Waals surface area contributed by atoms with E-state index in [-0.39, 0.29) is 11.8 Å². The number of hydrogen-bond donors (Lipinski definition) is 2. The van der Waals surface area contributed by atoms with Gasteiger partial charge < -0.3 is 10.6 Å². The molecule has 0 radical (unpaired) electrons. The van der Waals surface area contributed by atoms with Crippen LogP contribution in [-0.2, 0) is 0 Å². The maximum Gasteiger partial charge on any atom is 0.256 e. The molecule has 0 unspecified atom stereocenters. The van der Waals surface area contributed by atoms with Gasteiger partial charge in [-0.05, 0) is 48.5 Å². The van der Waals surface area contributed by atoms with Gasteiger partial charge in [-0.2, -0.15) is 0 Å². The van der Waals surface area contributed by atoms with E-state index in [1.165, 1.54) is 0 Å². The first-order valence-corrected chi connectivity index (χ1v) is 15.2. The number of benzene rings is 5. The van der Waals surface area contributed by atoms with Crippen LogP contribution < -0.4 is 10.6 Å². The van der Waals surface area contributed by atoms with Crippen molar-refractivity contribution in [2.75, 3.05) is 10.6 Å². The van der Waals surface area contributed by atoms with E-state index < -0.39 is 0 Å². The number of para-hydroxylation sites is 4. The third-order valence-corrected chi connectivity index (χ3v) is 8.30. The lowest BCUT2D eigenvalue weighted by Gasteiger charge is -2.15. The molecule has 2 N–H and O–H groups in total. The molecule has 0 bridgehead atoms. The first kappa shape index (κ1) is 29.2. The summed E-state index contributed by atoms with van der Waals surface area (Å²) >= 11 is 13.0. The van der Waals surface area contributed by atoms with E-state index >= 15 is 0 Å². The zero-order valence-electron chi connectivity index (χ0n) is 24.2. The van der Waals surface area contributed by atoms with Gasteiger partial charge in [-0.3, -0.25) is 9.59 Å². The molecule has 0 aliphatic rings. The first-order chi connectivity index (χ1) is 22.5. The summed E-state index contributed by atoms with van der Waals surface area (Å²) in [4.78, 5) is 37.4. The number of hydrogen-bond acceptors (Lipinski definition) is 4. The molecule has 0 spiro atoms. The summed E-state index contributed by atoms with van der Waals surface area (Å²) in [6, 6.07) is 40.2. The van der Waals surface area contributed by atoms with Gasteiger partial charge in [0.2, 0.25) is 0 Å². The Morgan fingerprint density at radius 2 is 0.848 bits per heavy atom. The van der Waals surface area contributed by atoms with Gasteiger partial charge in [0.05, 0.1) is 44.9 Å². The second-order valence-electron chi connectivity index (χ2n) is 10.6. The molecule has 2 amide bonds. The van der Waals surface area contributed by atoms with Crippen molar-refractivity contribution in [3.63, 3.8) is 0 Å². The van der Waals surface area contributed by atoms with E-state index in [0.717, 1.165) is 11.1 Å². The molecule has 0 aliphatic carbocycles. The summed E-state index contributed by atoms with van der Waals surface area (Å²) in [6.45, 7) is 0. The fourth-order valence-electron chi connectivity index (χ4n) is 5.42. The number of anilines is 2. The standard InChI is InChI=1S/C38H24Cl2N4O2/c39-29-15-5-1-13-25(29)35-21-27(23-11-3-7-17-31(23)41-35)37(45)43-33-19-9-10-20-34(33)44-38(46)28-22-36(26-14-2-6-16-30(26)40)42-32-18-8-4-12-24(28)32/h1-22H,(H,43,45)(H,44,46). The molecule has 0 saturated heterocycles. The number of aromatic nitrogens is 2. The minimum atomic E-state index is -0.357. The topological polar surface area (TPSA) is 84.0 Å². The minimum absolute atomic E-state index is 0.357. The van der Waals surface area contributed by atoms with Crippen molar-refractivity contribution in [3.8, 4) is 22.5 Å². The third kappa shape index (κ3) is 5.68. The molecule has 222 valence electrons. The van der Waals surface area contributed by atoms with E-state index in [4.69, 9.17) is 33.2 Å². The number of amides is 2. The van der Waals surface area contributed by atoms with Gasteiger partial charge in [-0.1, -0.05) is 108 Å². The molecule has 6 nitrogen and oxygen atoms in total. The average Bonchev–Trinajstić information content (AvgIpc) is 3.08. The number of nitrogens with one attached hydrogen (secondary N) is 2.